The summed E-state index contributed by atoms with van der Waals surface area (Å²) in [5, 5.41) is 18.3. The summed E-state index contributed by atoms with van der Waals surface area (Å²) in [5.41, 5.74) is 0.108. The van der Waals surface area contributed by atoms with Gasteiger partial charge >= 0.3 is 5.97 Å². The van der Waals surface area contributed by atoms with Gasteiger partial charge in [-0.3, -0.25) is 4.79 Å². The van der Waals surface area contributed by atoms with Crippen molar-refractivity contribution in [3.05, 3.63) is 27.5 Å². The molecule has 1 aromatic carbocycles. The first-order chi connectivity index (χ1) is 6.86. The van der Waals surface area contributed by atoms with Gasteiger partial charge in [0, 0.05) is 5.56 Å². The molecule has 0 aliphatic heterocycles. The van der Waals surface area contributed by atoms with Crippen molar-refractivity contribution in [1.82, 2.24) is 0 Å². The Morgan fingerprint density at radius 3 is 2.60 bits per heavy atom. The maximum Gasteiger partial charge on any atom is 0.310 e. The molecular formula is C10H10BrFO3. The van der Waals surface area contributed by atoms with Crippen molar-refractivity contribution in [2.45, 2.75) is 19.8 Å². The second-order valence-corrected chi connectivity index (χ2v) is 4.17. The number of carboxylic acids is 1. The van der Waals surface area contributed by atoms with E-state index in [-0.39, 0.29) is 11.3 Å². The molecule has 3 nitrogen and oxygen atoms in total. The zero-order valence-electron chi connectivity index (χ0n) is 8.21. The average molecular weight is 277 g/mol. The van der Waals surface area contributed by atoms with Gasteiger partial charge < -0.3 is 10.2 Å². The molecule has 0 fully saturated rings. The van der Waals surface area contributed by atoms with E-state index in [1.165, 1.54) is 19.9 Å². The highest BCUT2D eigenvalue weighted by Crippen LogP contribution is 2.36. The molecule has 1 rings (SSSR count). The monoisotopic (exact) mass is 276 g/mol. The van der Waals surface area contributed by atoms with Crippen LogP contribution in [0.3, 0.4) is 0 Å². The van der Waals surface area contributed by atoms with E-state index in [0.717, 1.165) is 0 Å². The van der Waals surface area contributed by atoms with Crippen LogP contribution in [-0.4, -0.2) is 16.2 Å². The summed E-state index contributed by atoms with van der Waals surface area (Å²) >= 11 is 3.04. The second kappa shape index (κ2) is 4.18. The van der Waals surface area contributed by atoms with E-state index in [2.05, 4.69) is 15.9 Å². The lowest BCUT2D eigenvalue weighted by molar-refractivity contribution is -0.138. The molecule has 1 atom stereocenters. The number of hydrogen-bond donors (Lipinski definition) is 2. The summed E-state index contributed by atoms with van der Waals surface area (Å²) in [6, 6.07) is 1.41. The van der Waals surface area contributed by atoms with E-state index in [1.807, 2.05) is 0 Å². The van der Waals surface area contributed by atoms with Gasteiger partial charge in [0.25, 0.3) is 0 Å². The fourth-order valence-corrected chi connectivity index (χ4v) is 1.84. The first-order valence-corrected chi connectivity index (χ1v) is 5.05. The molecule has 15 heavy (non-hydrogen) atoms. The minimum atomic E-state index is -1.18. The number of phenols is 1. The van der Waals surface area contributed by atoms with Crippen LogP contribution in [-0.2, 0) is 4.79 Å². The summed E-state index contributed by atoms with van der Waals surface area (Å²) in [7, 11) is 0. The standard InChI is InChI=1S/C10H10BrFO3/c1-4-3-6(11)9(13)7(8(4)12)5(2)10(14)15/h3,5,13H,1-2H3,(H,14,15). The number of carboxylic acid groups (broad SMARTS) is 1. The molecule has 0 aliphatic rings. The molecule has 0 radical (unpaired) electrons. The largest absolute Gasteiger partial charge is 0.506 e. The maximum atomic E-state index is 13.6. The quantitative estimate of drug-likeness (QED) is 0.873. The van der Waals surface area contributed by atoms with Gasteiger partial charge in [-0.15, -0.1) is 0 Å². The Morgan fingerprint density at radius 1 is 1.60 bits per heavy atom. The van der Waals surface area contributed by atoms with Crippen LogP contribution < -0.4 is 0 Å². The van der Waals surface area contributed by atoms with E-state index in [0.29, 0.717) is 10.0 Å². The van der Waals surface area contributed by atoms with Crippen molar-refractivity contribution in [2.75, 3.05) is 0 Å². The fraction of sp³-hybridized carbons (Fsp3) is 0.300. The molecule has 5 heteroatoms. The maximum absolute atomic E-state index is 13.6. The number of phenolic OH excluding ortho intramolecular Hbond substituents is 1. The number of hydrogen-bond acceptors (Lipinski definition) is 2. The Bertz CT molecular complexity index is 391. The molecule has 0 bridgehead atoms. The van der Waals surface area contributed by atoms with E-state index in [1.54, 1.807) is 0 Å². The Kier molecular flexibility index (Phi) is 3.34. The Labute approximate surface area is 94.7 Å². The third kappa shape index (κ3) is 2.12. The van der Waals surface area contributed by atoms with E-state index < -0.39 is 17.7 Å². The van der Waals surface area contributed by atoms with Gasteiger partial charge in [0.1, 0.15) is 11.6 Å². The minimum absolute atomic E-state index is 0.186. The molecule has 82 valence electrons. The van der Waals surface area contributed by atoms with E-state index >= 15 is 0 Å². The Morgan fingerprint density at radius 2 is 2.13 bits per heavy atom. The highest BCUT2D eigenvalue weighted by atomic mass is 79.9. The summed E-state index contributed by atoms with van der Waals surface area (Å²) in [5.74, 6) is -3.29. The second-order valence-electron chi connectivity index (χ2n) is 3.31. The van der Waals surface area contributed by atoms with Gasteiger partial charge in [-0.05, 0) is 41.4 Å². The smallest absolute Gasteiger partial charge is 0.310 e. The van der Waals surface area contributed by atoms with Crippen molar-refractivity contribution >= 4 is 21.9 Å². The van der Waals surface area contributed by atoms with Crippen LogP contribution in [0.5, 0.6) is 5.75 Å². The molecule has 0 aromatic heterocycles. The highest BCUT2D eigenvalue weighted by Gasteiger charge is 2.24. The van der Waals surface area contributed by atoms with Crippen LogP contribution in [0.1, 0.15) is 24.0 Å². The van der Waals surface area contributed by atoms with Gasteiger partial charge in [-0.1, -0.05) is 0 Å². The van der Waals surface area contributed by atoms with Crippen LogP contribution in [0.4, 0.5) is 4.39 Å². The summed E-state index contributed by atoms with van der Waals surface area (Å²) in [6.07, 6.45) is 0. The summed E-state index contributed by atoms with van der Waals surface area (Å²) in [4.78, 5) is 10.7. The summed E-state index contributed by atoms with van der Waals surface area (Å²) < 4.78 is 13.9. The van der Waals surface area contributed by atoms with Gasteiger partial charge in [-0.25, -0.2) is 4.39 Å². The van der Waals surface area contributed by atoms with Gasteiger partial charge in [-0.2, -0.15) is 0 Å². The molecule has 0 heterocycles. The lowest BCUT2D eigenvalue weighted by Gasteiger charge is -2.13. The lowest BCUT2D eigenvalue weighted by atomic mass is 9.97. The number of aryl methyl sites for hydroxylation is 1. The Hall–Kier alpha value is -1.10. The van der Waals surface area contributed by atoms with E-state index in [9.17, 15) is 14.3 Å². The number of aromatic hydroxyl groups is 1. The van der Waals surface area contributed by atoms with Crippen LogP contribution >= 0.6 is 15.9 Å². The van der Waals surface area contributed by atoms with Crippen molar-refractivity contribution in [3.8, 4) is 5.75 Å². The molecule has 0 saturated heterocycles. The molecule has 0 amide bonds. The van der Waals surface area contributed by atoms with Crippen molar-refractivity contribution < 1.29 is 19.4 Å². The topological polar surface area (TPSA) is 57.5 Å². The molecule has 0 saturated carbocycles. The highest BCUT2D eigenvalue weighted by molar-refractivity contribution is 9.10. The number of aliphatic carboxylic acids is 1. The van der Waals surface area contributed by atoms with Crippen molar-refractivity contribution in [3.63, 3.8) is 0 Å². The lowest BCUT2D eigenvalue weighted by Crippen LogP contribution is -2.10. The number of rotatable bonds is 2. The number of carbonyl (C=O) groups is 1. The van der Waals surface area contributed by atoms with Crippen molar-refractivity contribution in [1.29, 1.82) is 0 Å². The molecular weight excluding hydrogens is 267 g/mol. The van der Waals surface area contributed by atoms with Crippen LogP contribution in [0, 0.1) is 12.7 Å². The summed E-state index contributed by atoms with van der Waals surface area (Å²) in [6.45, 7) is 2.84. The normalized spacial score (nSPS) is 12.5. The van der Waals surface area contributed by atoms with Gasteiger partial charge in [0.05, 0.1) is 10.4 Å². The zero-order chi connectivity index (χ0) is 11.7. The Balaban J connectivity index is 3.45. The fourth-order valence-electron chi connectivity index (χ4n) is 1.29. The van der Waals surface area contributed by atoms with E-state index in [4.69, 9.17) is 5.11 Å². The zero-order valence-corrected chi connectivity index (χ0v) is 9.80. The number of halogens is 2. The molecule has 1 aromatic rings. The molecule has 2 N–H and O–H groups in total. The van der Waals surface area contributed by atoms with Gasteiger partial charge in [0.2, 0.25) is 0 Å². The van der Waals surface area contributed by atoms with Crippen LogP contribution in [0.15, 0.2) is 10.5 Å². The first-order valence-electron chi connectivity index (χ1n) is 4.26. The SMILES string of the molecule is Cc1cc(Br)c(O)c(C(C)C(=O)O)c1F. The first kappa shape index (κ1) is 12.0. The molecule has 0 aliphatic carbocycles. The molecule has 0 spiro atoms. The van der Waals surface area contributed by atoms with Crippen LogP contribution in [0.2, 0.25) is 0 Å². The molecule has 1 unspecified atom stereocenters. The number of benzene rings is 1. The predicted octanol–water partition coefficient (Wildman–Crippen LogP) is 2.79. The van der Waals surface area contributed by atoms with Crippen LogP contribution in [0.25, 0.3) is 0 Å². The van der Waals surface area contributed by atoms with Crippen molar-refractivity contribution in [2.24, 2.45) is 0 Å². The third-order valence-electron chi connectivity index (χ3n) is 2.21. The average Bonchev–Trinajstić information content (AvgIpc) is 2.15. The third-order valence-corrected chi connectivity index (χ3v) is 2.82. The minimum Gasteiger partial charge on any atom is -0.506 e. The predicted molar refractivity (Wildman–Crippen MR) is 56.6 cm³/mol. The van der Waals surface area contributed by atoms with Gasteiger partial charge in [0.15, 0.2) is 0 Å².